The fraction of sp³-hybridized carbons (Fsp3) is 0.267. The lowest BCUT2D eigenvalue weighted by molar-refractivity contribution is -0.128. The molecule has 1 amide bonds. The molecule has 0 aliphatic carbocycles. The lowest BCUT2D eigenvalue weighted by atomic mass is 10.2. The topological polar surface area (TPSA) is 85.4 Å². The minimum atomic E-state index is -0.474. The van der Waals surface area contributed by atoms with Gasteiger partial charge in [-0.05, 0) is 12.1 Å². The number of benzene rings is 1. The van der Waals surface area contributed by atoms with Crippen molar-refractivity contribution in [2.24, 2.45) is 0 Å². The normalized spacial score (nSPS) is 17.0. The van der Waals surface area contributed by atoms with Crippen LogP contribution in [0.1, 0.15) is 0 Å². The van der Waals surface area contributed by atoms with Crippen LogP contribution in [0.3, 0.4) is 0 Å². The molecule has 0 saturated carbocycles. The van der Waals surface area contributed by atoms with E-state index in [4.69, 9.17) is 9.47 Å². The fourth-order valence-electron chi connectivity index (χ4n) is 2.05. The minimum Gasteiger partial charge on any atom is -0.437 e. The van der Waals surface area contributed by atoms with E-state index in [1.807, 2.05) is 0 Å². The first kappa shape index (κ1) is 17.1. The molecule has 0 bridgehead atoms. The number of amides is 1. The van der Waals surface area contributed by atoms with Crippen molar-refractivity contribution < 1.29 is 14.3 Å². The third-order valence-electron chi connectivity index (χ3n) is 3.08. The zero-order valence-electron chi connectivity index (χ0n) is 12.3. The van der Waals surface area contributed by atoms with Crippen LogP contribution in [0, 0.1) is 0 Å². The Morgan fingerprint density at radius 3 is 3.04 bits per heavy atom. The van der Waals surface area contributed by atoms with Crippen molar-refractivity contribution >= 4 is 24.0 Å². The Bertz CT molecular complexity index is 636. The summed E-state index contributed by atoms with van der Waals surface area (Å²) in [5.41, 5.74) is 0.639. The van der Waals surface area contributed by atoms with Gasteiger partial charge >= 0.3 is 0 Å². The van der Waals surface area contributed by atoms with Crippen LogP contribution in [-0.2, 0) is 9.53 Å². The van der Waals surface area contributed by atoms with Crippen molar-refractivity contribution in [1.82, 2.24) is 15.3 Å². The van der Waals surface area contributed by atoms with Crippen LogP contribution in [0.4, 0.5) is 5.69 Å². The predicted molar refractivity (Wildman–Crippen MR) is 87.0 cm³/mol. The van der Waals surface area contributed by atoms with Crippen LogP contribution >= 0.6 is 12.4 Å². The molecule has 1 unspecified atom stereocenters. The number of rotatable bonds is 4. The summed E-state index contributed by atoms with van der Waals surface area (Å²) in [6, 6.07) is 7.09. The third-order valence-corrected chi connectivity index (χ3v) is 3.08. The van der Waals surface area contributed by atoms with E-state index in [-0.39, 0.29) is 18.3 Å². The fourth-order valence-corrected chi connectivity index (χ4v) is 2.05. The van der Waals surface area contributed by atoms with Crippen molar-refractivity contribution in [2.45, 2.75) is 6.10 Å². The number of nitrogens with one attached hydrogen (secondary N) is 2. The predicted octanol–water partition coefficient (Wildman–Crippen LogP) is 1.62. The molecule has 8 heteroatoms. The number of aromatic nitrogens is 2. The van der Waals surface area contributed by atoms with E-state index in [2.05, 4.69) is 20.6 Å². The SMILES string of the molecule is Cl.O=C(Nc1cccc(Oc2cnccn2)c1)C1CNCCO1. The van der Waals surface area contributed by atoms with Crippen molar-refractivity contribution in [3.63, 3.8) is 0 Å². The van der Waals surface area contributed by atoms with E-state index < -0.39 is 6.10 Å². The van der Waals surface area contributed by atoms with E-state index >= 15 is 0 Å². The van der Waals surface area contributed by atoms with Gasteiger partial charge in [-0.2, -0.15) is 0 Å². The second kappa shape index (κ2) is 8.42. The lowest BCUT2D eigenvalue weighted by Crippen LogP contribution is -2.45. The Labute approximate surface area is 139 Å². The number of hydrogen-bond donors (Lipinski definition) is 2. The molecule has 23 heavy (non-hydrogen) atoms. The number of morpholine rings is 1. The van der Waals surface area contributed by atoms with Crippen LogP contribution in [0.5, 0.6) is 11.6 Å². The summed E-state index contributed by atoms with van der Waals surface area (Å²) < 4.78 is 11.0. The number of carbonyl (C=O) groups excluding carboxylic acids is 1. The van der Waals surface area contributed by atoms with Crippen molar-refractivity contribution in [1.29, 1.82) is 0 Å². The first-order valence-electron chi connectivity index (χ1n) is 6.98. The average Bonchev–Trinajstić information content (AvgIpc) is 2.57. The molecule has 2 N–H and O–H groups in total. The van der Waals surface area contributed by atoms with E-state index in [1.165, 1.54) is 6.20 Å². The summed E-state index contributed by atoms with van der Waals surface area (Å²) in [6.07, 6.45) is 4.17. The maximum Gasteiger partial charge on any atom is 0.254 e. The van der Waals surface area contributed by atoms with E-state index in [1.54, 1.807) is 36.7 Å². The highest BCUT2D eigenvalue weighted by Gasteiger charge is 2.21. The van der Waals surface area contributed by atoms with Gasteiger partial charge in [0.25, 0.3) is 5.91 Å². The summed E-state index contributed by atoms with van der Waals surface area (Å²) >= 11 is 0. The number of nitrogens with zero attached hydrogens (tertiary/aromatic N) is 2. The zero-order chi connectivity index (χ0) is 15.2. The van der Waals surface area contributed by atoms with Crippen LogP contribution < -0.4 is 15.4 Å². The van der Waals surface area contributed by atoms with Gasteiger partial charge in [0, 0.05) is 37.2 Å². The molecule has 3 rings (SSSR count). The maximum atomic E-state index is 12.1. The van der Waals surface area contributed by atoms with Gasteiger partial charge in [0.15, 0.2) is 0 Å². The van der Waals surface area contributed by atoms with Gasteiger partial charge in [0.05, 0.1) is 12.8 Å². The largest absolute Gasteiger partial charge is 0.437 e. The van der Waals surface area contributed by atoms with Gasteiger partial charge in [0.1, 0.15) is 11.9 Å². The Morgan fingerprint density at radius 2 is 2.30 bits per heavy atom. The minimum absolute atomic E-state index is 0. The second-order valence-electron chi connectivity index (χ2n) is 4.73. The molecule has 1 atom stereocenters. The van der Waals surface area contributed by atoms with Crippen molar-refractivity contribution in [3.8, 4) is 11.6 Å². The van der Waals surface area contributed by atoms with E-state index in [0.717, 1.165) is 6.54 Å². The molecule has 1 aromatic carbocycles. The first-order chi connectivity index (χ1) is 10.8. The number of anilines is 1. The molecule has 1 fully saturated rings. The van der Waals surface area contributed by atoms with Crippen molar-refractivity contribution in [2.75, 3.05) is 25.0 Å². The van der Waals surface area contributed by atoms with Gasteiger partial charge in [0.2, 0.25) is 5.88 Å². The molecule has 1 aliphatic heterocycles. The Hall–Kier alpha value is -2.22. The molecule has 0 radical (unpaired) electrons. The highest BCUT2D eigenvalue weighted by molar-refractivity contribution is 5.94. The molecule has 7 nitrogen and oxygen atoms in total. The molecule has 0 spiro atoms. The number of halogens is 1. The van der Waals surface area contributed by atoms with Crippen LogP contribution in [0.2, 0.25) is 0 Å². The molecular weight excluding hydrogens is 320 g/mol. The molecule has 1 aromatic heterocycles. The quantitative estimate of drug-likeness (QED) is 0.882. The van der Waals surface area contributed by atoms with Gasteiger partial charge < -0.3 is 20.1 Å². The first-order valence-corrected chi connectivity index (χ1v) is 6.98. The smallest absolute Gasteiger partial charge is 0.254 e. The summed E-state index contributed by atoms with van der Waals surface area (Å²) in [4.78, 5) is 20.1. The summed E-state index contributed by atoms with van der Waals surface area (Å²) in [5, 5.41) is 5.94. The summed E-state index contributed by atoms with van der Waals surface area (Å²) in [7, 11) is 0. The van der Waals surface area contributed by atoms with Gasteiger partial charge in [-0.1, -0.05) is 6.07 Å². The Morgan fingerprint density at radius 1 is 1.39 bits per heavy atom. The highest BCUT2D eigenvalue weighted by atomic mass is 35.5. The maximum absolute atomic E-state index is 12.1. The number of carbonyl (C=O) groups is 1. The monoisotopic (exact) mass is 336 g/mol. The molecule has 2 heterocycles. The van der Waals surface area contributed by atoms with Gasteiger partial charge in [-0.15, -0.1) is 12.4 Å². The lowest BCUT2D eigenvalue weighted by Gasteiger charge is -2.22. The van der Waals surface area contributed by atoms with E-state index in [9.17, 15) is 4.79 Å². The molecular formula is C15H17ClN4O3. The number of hydrogen-bond acceptors (Lipinski definition) is 6. The summed E-state index contributed by atoms with van der Waals surface area (Å²) in [5.74, 6) is 0.788. The van der Waals surface area contributed by atoms with Gasteiger partial charge in [-0.25, -0.2) is 4.98 Å². The molecule has 2 aromatic rings. The van der Waals surface area contributed by atoms with E-state index in [0.29, 0.717) is 30.5 Å². The standard InChI is InChI=1S/C15H16N4O3.ClH/c20-15(13-9-17-6-7-21-13)19-11-2-1-3-12(8-11)22-14-10-16-4-5-18-14;/h1-5,8,10,13,17H,6-7,9H2,(H,19,20);1H. The van der Waals surface area contributed by atoms with Crippen LogP contribution in [0.25, 0.3) is 0 Å². The average molecular weight is 337 g/mol. The van der Waals surface area contributed by atoms with Crippen LogP contribution in [-0.4, -0.2) is 41.7 Å². The Kier molecular flexibility index (Phi) is 6.28. The third kappa shape index (κ3) is 4.88. The zero-order valence-corrected chi connectivity index (χ0v) is 13.1. The second-order valence-corrected chi connectivity index (χ2v) is 4.73. The number of ether oxygens (including phenoxy) is 2. The van der Waals surface area contributed by atoms with Crippen molar-refractivity contribution in [3.05, 3.63) is 42.9 Å². The summed E-state index contributed by atoms with van der Waals surface area (Å²) in [6.45, 7) is 1.82. The Balaban J connectivity index is 0.00000192. The van der Waals surface area contributed by atoms with Gasteiger partial charge in [-0.3, -0.25) is 9.78 Å². The molecule has 1 saturated heterocycles. The molecule has 122 valence electrons. The highest BCUT2D eigenvalue weighted by Crippen LogP contribution is 2.22. The molecule has 1 aliphatic rings. The van der Waals surface area contributed by atoms with Crippen LogP contribution in [0.15, 0.2) is 42.9 Å².